The first-order chi connectivity index (χ1) is 20.8. The topological polar surface area (TPSA) is 83.5 Å². The Morgan fingerprint density at radius 3 is 2.02 bits per heavy atom. The normalized spacial score (nSPS) is 12.0. The highest BCUT2D eigenvalue weighted by atomic mass is 16.5. The lowest BCUT2D eigenvalue weighted by molar-refractivity contribution is -0.139. The molecule has 226 valence electrons. The second-order valence-electron chi connectivity index (χ2n) is 10.5. The second kappa shape index (κ2) is 15.1. The van der Waals surface area contributed by atoms with Gasteiger partial charge in [-0.05, 0) is 64.9 Å². The molecule has 0 heterocycles. The summed E-state index contributed by atoms with van der Waals surface area (Å²) in [4.78, 5) is 27.7. The fourth-order valence-electron chi connectivity index (χ4n) is 5.12. The van der Waals surface area contributed by atoms with Gasteiger partial charge in [0.2, 0.25) is 5.75 Å². The van der Waals surface area contributed by atoms with Crippen LogP contribution in [0.3, 0.4) is 0 Å². The van der Waals surface area contributed by atoms with Gasteiger partial charge in [0, 0.05) is 25.1 Å². The van der Waals surface area contributed by atoms with Crippen molar-refractivity contribution in [1.29, 1.82) is 0 Å². The molecule has 0 saturated heterocycles. The van der Waals surface area contributed by atoms with Crippen LogP contribution in [0.25, 0.3) is 27.6 Å². The van der Waals surface area contributed by atoms with E-state index >= 15 is 0 Å². The van der Waals surface area contributed by atoms with Crippen LogP contribution in [0.4, 0.5) is 0 Å². The number of nitrogens with zero attached hydrogens (tertiary/aromatic N) is 1. The average molecular weight is 586 g/mol. The zero-order chi connectivity index (χ0) is 30.8. The Morgan fingerprint density at radius 1 is 0.837 bits per heavy atom. The van der Waals surface area contributed by atoms with E-state index in [0.29, 0.717) is 41.4 Å². The molecule has 4 rings (SSSR count). The Labute approximate surface area is 252 Å². The highest BCUT2D eigenvalue weighted by molar-refractivity contribution is 6.16. The highest BCUT2D eigenvalue weighted by Crippen LogP contribution is 2.38. The van der Waals surface area contributed by atoms with Crippen molar-refractivity contribution in [3.63, 3.8) is 0 Å². The van der Waals surface area contributed by atoms with Gasteiger partial charge in [-0.15, -0.1) is 0 Å². The Balaban J connectivity index is 1.22. The lowest BCUT2D eigenvalue weighted by Crippen LogP contribution is -2.29. The summed E-state index contributed by atoms with van der Waals surface area (Å²) >= 11 is 0. The lowest BCUT2D eigenvalue weighted by Gasteiger charge is -2.21. The highest BCUT2D eigenvalue weighted by Gasteiger charge is 2.17. The van der Waals surface area contributed by atoms with E-state index in [1.54, 1.807) is 18.2 Å². The van der Waals surface area contributed by atoms with Crippen LogP contribution in [-0.4, -0.2) is 71.5 Å². The number of carbonyl (C=O) groups excluding carboxylic acids is 2. The van der Waals surface area contributed by atoms with Crippen LogP contribution in [0.15, 0.2) is 72.8 Å². The average Bonchev–Trinajstić information content (AvgIpc) is 3.02. The van der Waals surface area contributed by atoms with Crippen molar-refractivity contribution in [2.75, 3.05) is 54.7 Å². The van der Waals surface area contributed by atoms with E-state index in [2.05, 4.69) is 11.0 Å². The second-order valence-corrected chi connectivity index (χ2v) is 10.5. The molecule has 0 spiro atoms. The monoisotopic (exact) mass is 585 g/mol. The molecule has 4 aromatic rings. The minimum Gasteiger partial charge on any atom is -0.493 e. The van der Waals surface area contributed by atoms with Crippen molar-refractivity contribution in [1.82, 2.24) is 4.90 Å². The maximum absolute atomic E-state index is 13.2. The number of methoxy groups -OCH3 is 3. The smallest absolute Gasteiger partial charge is 0.339 e. The molecule has 0 amide bonds. The summed E-state index contributed by atoms with van der Waals surface area (Å²) in [7, 11) is 6.62. The molecule has 43 heavy (non-hydrogen) atoms. The van der Waals surface area contributed by atoms with Gasteiger partial charge >= 0.3 is 11.9 Å². The number of rotatable bonds is 14. The third-order valence-electron chi connectivity index (χ3n) is 7.13. The summed E-state index contributed by atoms with van der Waals surface area (Å²) in [6, 6.07) is 21.4. The van der Waals surface area contributed by atoms with Crippen molar-refractivity contribution >= 4 is 39.6 Å². The van der Waals surface area contributed by atoms with Crippen LogP contribution in [-0.2, 0) is 14.3 Å². The van der Waals surface area contributed by atoms with E-state index in [0.717, 1.165) is 34.6 Å². The van der Waals surface area contributed by atoms with Crippen molar-refractivity contribution < 1.29 is 33.3 Å². The van der Waals surface area contributed by atoms with Gasteiger partial charge in [0.05, 0.1) is 40.1 Å². The molecule has 0 aromatic heterocycles. The third-order valence-corrected chi connectivity index (χ3v) is 7.13. The molecule has 0 radical (unpaired) electrons. The fourth-order valence-corrected chi connectivity index (χ4v) is 5.12. The molecule has 0 unspecified atom stereocenters. The number of benzene rings is 4. The number of carbonyl (C=O) groups is 2. The summed E-state index contributed by atoms with van der Waals surface area (Å²) in [5.74, 6) is 0.866. The van der Waals surface area contributed by atoms with E-state index in [-0.39, 0.29) is 18.5 Å². The van der Waals surface area contributed by atoms with Crippen molar-refractivity contribution in [3.8, 4) is 17.2 Å². The molecule has 0 fully saturated rings. The van der Waals surface area contributed by atoms with Crippen LogP contribution < -0.4 is 14.2 Å². The summed E-state index contributed by atoms with van der Waals surface area (Å²) in [5.41, 5.74) is 1.32. The molecule has 0 aliphatic rings. The number of hydrogen-bond donors (Lipinski definition) is 0. The number of fused-ring (bicyclic) bond motifs is 2. The molecule has 0 saturated carbocycles. The molecular formula is C35H39NO7. The summed E-state index contributed by atoms with van der Waals surface area (Å²) in [5, 5.41) is 3.81. The Hall–Kier alpha value is -4.56. The Morgan fingerprint density at radius 2 is 1.44 bits per heavy atom. The molecule has 0 bridgehead atoms. The molecule has 0 aliphatic heterocycles. The first-order valence-corrected chi connectivity index (χ1v) is 14.3. The Kier molecular flexibility index (Phi) is 11.0. The van der Waals surface area contributed by atoms with Crippen LogP contribution >= 0.6 is 0 Å². The molecule has 8 nitrogen and oxygen atoms in total. The van der Waals surface area contributed by atoms with Crippen molar-refractivity contribution in [2.45, 2.75) is 13.3 Å². The lowest BCUT2D eigenvalue weighted by atomic mass is 9.97. The van der Waals surface area contributed by atoms with Gasteiger partial charge in [-0.25, -0.2) is 9.59 Å². The molecule has 8 heteroatoms. The van der Waals surface area contributed by atoms with Crippen LogP contribution in [0.1, 0.15) is 29.3 Å². The minimum atomic E-state index is -0.434. The quantitative estimate of drug-likeness (QED) is 0.0729. The number of hydrogen-bond acceptors (Lipinski definition) is 8. The largest absolute Gasteiger partial charge is 0.493 e. The van der Waals surface area contributed by atoms with E-state index < -0.39 is 5.97 Å². The Bertz CT molecular complexity index is 1520. The maximum Gasteiger partial charge on any atom is 0.339 e. The zero-order valence-corrected chi connectivity index (χ0v) is 25.4. The van der Waals surface area contributed by atoms with E-state index in [4.69, 9.17) is 23.7 Å². The minimum absolute atomic E-state index is 0.119. The molecule has 0 aliphatic carbocycles. The predicted octanol–water partition coefficient (Wildman–Crippen LogP) is 6.39. The maximum atomic E-state index is 13.2. The summed E-state index contributed by atoms with van der Waals surface area (Å²) in [6.07, 6.45) is 3.71. The van der Waals surface area contributed by atoms with Crippen LogP contribution in [0.2, 0.25) is 0 Å². The van der Waals surface area contributed by atoms with E-state index in [1.807, 2.05) is 62.5 Å². The first-order valence-electron chi connectivity index (χ1n) is 14.3. The molecule has 4 aromatic carbocycles. The zero-order valence-electron chi connectivity index (χ0n) is 25.4. The SMILES string of the molecule is COc1cc(/C=C/C(=O)OC[C@@H](C)CN(C)CCCOC(=O)c2c3ccccc3cc3ccccc23)cc(OC)c1OC. The number of esters is 2. The van der Waals surface area contributed by atoms with Crippen molar-refractivity contribution in [2.24, 2.45) is 5.92 Å². The predicted molar refractivity (Wildman–Crippen MR) is 169 cm³/mol. The van der Waals surface area contributed by atoms with Crippen LogP contribution in [0.5, 0.6) is 17.2 Å². The van der Waals surface area contributed by atoms with E-state index in [9.17, 15) is 9.59 Å². The summed E-state index contributed by atoms with van der Waals surface area (Å²) < 4.78 is 27.2. The van der Waals surface area contributed by atoms with Gasteiger partial charge in [-0.1, -0.05) is 55.5 Å². The van der Waals surface area contributed by atoms with Gasteiger partial charge in [0.15, 0.2) is 11.5 Å². The van der Waals surface area contributed by atoms with Gasteiger partial charge < -0.3 is 28.6 Å². The standard InChI is InChI=1S/C35H39NO7/c1-24(23-43-32(37)16-15-25-19-30(39-3)34(41-5)31(20-25)40-4)22-36(2)17-10-18-42-35(38)33-28-13-8-6-11-26(28)21-27-12-7-9-14-29(27)33/h6-9,11-16,19-21,24H,10,17-18,22-23H2,1-5H3/b16-15+/t24-/m0/s1. The fraction of sp³-hybridized carbons (Fsp3) is 0.314. The van der Waals surface area contributed by atoms with Crippen molar-refractivity contribution in [3.05, 3.63) is 83.9 Å². The van der Waals surface area contributed by atoms with Gasteiger partial charge in [0.25, 0.3) is 0 Å². The van der Waals surface area contributed by atoms with Gasteiger partial charge in [-0.2, -0.15) is 0 Å². The molecular weight excluding hydrogens is 546 g/mol. The van der Waals surface area contributed by atoms with E-state index in [1.165, 1.54) is 27.4 Å². The molecule has 0 N–H and O–H groups in total. The third kappa shape index (κ3) is 8.05. The summed E-state index contributed by atoms with van der Waals surface area (Å²) in [6.45, 7) is 4.09. The number of ether oxygens (including phenoxy) is 5. The first kappa shape index (κ1) is 31.4. The van der Waals surface area contributed by atoms with Crippen LogP contribution in [0, 0.1) is 5.92 Å². The van der Waals surface area contributed by atoms with Gasteiger partial charge in [0.1, 0.15) is 0 Å². The van der Waals surface area contributed by atoms with Gasteiger partial charge in [-0.3, -0.25) is 0 Å². The molecule has 1 atom stereocenters.